The standard InChI is InChI=1S/C18H25N3O3/c1-3-20(12-14-8-6-5-7-9-14)17(23)11-19-18(24)15-10-16(22)21(4-2)13-15/h5-9,15H,3-4,10-13H2,1-2H3,(H,19,24)/t15-/m0/s1. The van der Waals surface area contributed by atoms with Gasteiger partial charge in [0.2, 0.25) is 17.7 Å². The van der Waals surface area contributed by atoms with Crippen LogP contribution in [-0.4, -0.2) is 53.7 Å². The summed E-state index contributed by atoms with van der Waals surface area (Å²) in [5.41, 5.74) is 1.05. The molecule has 1 atom stereocenters. The van der Waals surface area contributed by atoms with Gasteiger partial charge in [-0.2, -0.15) is 0 Å². The number of hydrogen-bond acceptors (Lipinski definition) is 3. The summed E-state index contributed by atoms with van der Waals surface area (Å²) in [5, 5.41) is 2.68. The van der Waals surface area contributed by atoms with E-state index in [1.165, 1.54) is 0 Å². The van der Waals surface area contributed by atoms with E-state index in [0.717, 1.165) is 5.56 Å². The van der Waals surface area contributed by atoms with Crippen molar-refractivity contribution in [3.63, 3.8) is 0 Å². The van der Waals surface area contributed by atoms with Crippen LogP contribution in [0.2, 0.25) is 0 Å². The Labute approximate surface area is 142 Å². The van der Waals surface area contributed by atoms with E-state index in [1.54, 1.807) is 9.80 Å². The molecule has 0 radical (unpaired) electrons. The molecule has 0 unspecified atom stereocenters. The number of amides is 3. The second kappa shape index (κ2) is 8.47. The molecule has 24 heavy (non-hydrogen) atoms. The highest BCUT2D eigenvalue weighted by molar-refractivity contribution is 5.91. The number of likely N-dealkylation sites (tertiary alicyclic amines) is 1. The van der Waals surface area contributed by atoms with Gasteiger partial charge in [-0.05, 0) is 19.4 Å². The van der Waals surface area contributed by atoms with E-state index < -0.39 is 0 Å². The highest BCUT2D eigenvalue weighted by Gasteiger charge is 2.33. The molecule has 6 heteroatoms. The Kier molecular flexibility index (Phi) is 6.35. The molecule has 6 nitrogen and oxygen atoms in total. The van der Waals surface area contributed by atoms with Gasteiger partial charge >= 0.3 is 0 Å². The average molecular weight is 331 g/mol. The molecule has 0 aliphatic carbocycles. The third-order valence-electron chi connectivity index (χ3n) is 4.33. The zero-order chi connectivity index (χ0) is 17.5. The monoisotopic (exact) mass is 331 g/mol. The minimum Gasteiger partial charge on any atom is -0.347 e. The molecule has 3 amide bonds. The third kappa shape index (κ3) is 4.57. The minimum absolute atomic E-state index is 0.00300. The van der Waals surface area contributed by atoms with Crippen LogP contribution in [0.15, 0.2) is 30.3 Å². The van der Waals surface area contributed by atoms with Crippen molar-refractivity contribution in [2.75, 3.05) is 26.2 Å². The lowest BCUT2D eigenvalue weighted by Crippen LogP contribution is -2.42. The van der Waals surface area contributed by atoms with Gasteiger partial charge in [0.1, 0.15) is 0 Å². The number of nitrogens with zero attached hydrogens (tertiary/aromatic N) is 2. The van der Waals surface area contributed by atoms with Crippen LogP contribution in [0.1, 0.15) is 25.8 Å². The molecular weight excluding hydrogens is 306 g/mol. The topological polar surface area (TPSA) is 69.7 Å². The highest BCUT2D eigenvalue weighted by Crippen LogP contribution is 2.17. The van der Waals surface area contributed by atoms with Crippen LogP contribution in [0.25, 0.3) is 0 Å². The molecule has 1 aromatic carbocycles. The van der Waals surface area contributed by atoms with Crippen molar-refractivity contribution in [3.05, 3.63) is 35.9 Å². The number of carbonyl (C=O) groups is 3. The second-order valence-corrected chi connectivity index (χ2v) is 5.94. The van der Waals surface area contributed by atoms with Crippen molar-refractivity contribution < 1.29 is 14.4 Å². The second-order valence-electron chi connectivity index (χ2n) is 5.94. The van der Waals surface area contributed by atoms with Gasteiger partial charge in [-0.1, -0.05) is 30.3 Å². The first-order chi connectivity index (χ1) is 11.5. The van der Waals surface area contributed by atoms with Crippen molar-refractivity contribution in [2.24, 2.45) is 5.92 Å². The van der Waals surface area contributed by atoms with Crippen LogP contribution >= 0.6 is 0 Å². The SMILES string of the molecule is CCN(Cc1ccccc1)C(=O)CNC(=O)[C@H]1CC(=O)N(CC)C1. The van der Waals surface area contributed by atoms with Crippen LogP contribution in [-0.2, 0) is 20.9 Å². The predicted molar refractivity (Wildman–Crippen MR) is 90.9 cm³/mol. The van der Waals surface area contributed by atoms with E-state index in [2.05, 4.69) is 5.32 Å². The van der Waals surface area contributed by atoms with Crippen LogP contribution in [0.4, 0.5) is 0 Å². The zero-order valence-corrected chi connectivity index (χ0v) is 14.3. The maximum Gasteiger partial charge on any atom is 0.242 e. The molecule has 1 aliphatic heterocycles. The van der Waals surface area contributed by atoms with Gasteiger partial charge in [0.15, 0.2) is 0 Å². The summed E-state index contributed by atoms with van der Waals surface area (Å²) < 4.78 is 0. The first-order valence-corrected chi connectivity index (χ1v) is 8.42. The molecule has 1 heterocycles. The molecule has 1 aliphatic rings. The largest absolute Gasteiger partial charge is 0.347 e. The molecule has 1 aromatic rings. The van der Waals surface area contributed by atoms with Gasteiger partial charge in [0, 0.05) is 32.6 Å². The molecule has 0 saturated carbocycles. The first kappa shape index (κ1) is 18.0. The molecule has 1 N–H and O–H groups in total. The summed E-state index contributed by atoms with van der Waals surface area (Å²) in [4.78, 5) is 39.5. The molecule has 1 fully saturated rings. The summed E-state index contributed by atoms with van der Waals surface area (Å²) >= 11 is 0. The van der Waals surface area contributed by atoms with Gasteiger partial charge in [0.05, 0.1) is 12.5 Å². The van der Waals surface area contributed by atoms with E-state index >= 15 is 0 Å². The smallest absolute Gasteiger partial charge is 0.242 e. The molecule has 0 aromatic heterocycles. The normalized spacial score (nSPS) is 17.0. The fraction of sp³-hybridized carbons (Fsp3) is 0.500. The van der Waals surface area contributed by atoms with Crippen molar-refractivity contribution in [2.45, 2.75) is 26.8 Å². The molecule has 0 bridgehead atoms. The Balaban J connectivity index is 1.83. The van der Waals surface area contributed by atoms with Gasteiger partial charge in [0.25, 0.3) is 0 Å². The van der Waals surface area contributed by atoms with Crippen molar-refractivity contribution in [3.8, 4) is 0 Å². The fourth-order valence-electron chi connectivity index (χ4n) is 2.85. The van der Waals surface area contributed by atoms with E-state index in [1.807, 2.05) is 44.2 Å². The number of likely N-dealkylation sites (N-methyl/N-ethyl adjacent to an activating group) is 1. The van der Waals surface area contributed by atoms with Crippen molar-refractivity contribution in [1.29, 1.82) is 0 Å². The average Bonchev–Trinajstić information content (AvgIpc) is 2.99. The predicted octanol–water partition coefficient (Wildman–Crippen LogP) is 1.02. The highest BCUT2D eigenvalue weighted by atomic mass is 16.2. The zero-order valence-electron chi connectivity index (χ0n) is 14.3. The maximum absolute atomic E-state index is 12.3. The maximum atomic E-state index is 12.3. The summed E-state index contributed by atoms with van der Waals surface area (Å²) in [5.74, 6) is -0.688. The summed E-state index contributed by atoms with van der Waals surface area (Å²) in [6.45, 7) is 5.93. The Morgan fingerprint density at radius 3 is 2.54 bits per heavy atom. The number of rotatable bonds is 7. The lowest BCUT2D eigenvalue weighted by atomic mass is 10.1. The summed E-state index contributed by atoms with van der Waals surface area (Å²) in [6.07, 6.45) is 0.232. The molecule has 0 spiro atoms. The van der Waals surface area contributed by atoms with E-state index in [0.29, 0.717) is 26.2 Å². The molecule has 2 rings (SSSR count). The van der Waals surface area contributed by atoms with Gasteiger partial charge < -0.3 is 15.1 Å². The van der Waals surface area contributed by atoms with E-state index in [4.69, 9.17) is 0 Å². The van der Waals surface area contributed by atoms with Crippen LogP contribution < -0.4 is 5.32 Å². The van der Waals surface area contributed by atoms with Crippen LogP contribution in [0.3, 0.4) is 0 Å². The quantitative estimate of drug-likeness (QED) is 0.811. The fourth-order valence-corrected chi connectivity index (χ4v) is 2.85. The van der Waals surface area contributed by atoms with Crippen LogP contribution in [0, 0.1) is 5.92 Å². The summed E-state index contributed by atoms with van der Waals surface area (Å²) in [6, 6.07) is 9.75. The number of benzene rings is 1. The Hall–Kier alpha value is -2.37. The Bertz CT molecular complexity index is 588. The van der Waals surface area contributed by atoms with Gasteiger partial charge in [-0.3, -0.25) is 14.4 Å². The summed E-state index contributed by atoms with van der Waals surface area (Å²) in [7, 11) is 0. The van der Waals surface area contributed by atoms with Crippen molar-refractivity contribution in [1.82, 2.24) is 15.1 Å². The van der Waals surface area contributed by atoms with Gasteiger partial charge in [-0.15, -0.1) is 0 Å². The van der Waals surface area contributed by atoms with Crippen molar-refractivity contribution >= 4 is 17.7 Å². The minimum atomic E-state index is -0.352. The Morgan fingerprint density at radius 2 is 1.96 bits per heavy atom. The molecular formula is C18H25N3O3. The lowest BCUT2D eigenvalue weighted by molar-refractivity contribution is -0.134. The number of hydrogen-bond donors (Lipinski definition) is 1. The van der Waals surface area contributed by atoms with Crippen LogP contribution in [0.5, 0.6) is 0 Å². The van der Waals surface area contributed by atoms with E-state index in [9.17, 15) is 14.4 Å². The van der Waals surface area contributed by atoms with E-state index in [-0.39, 0.29) is 36.6 Å². The molecule has 1 saturated heterocycles. The Morgan fingerprint density at radius 1 is 1.25 bits per heavy atom. The molecule has 130 valence electrons. The number of carbonyl (C=O) groups excluding carboxylic acids is 3. The first-order valence-electron chi connectivity index (χ1n) is 8.42. The third-order valence-corrected chi connectivity index (χ3v) is 4.33. The van der Waals surface area contributed by atoms with Gasteiger partial charge in [-0.25, -0.2) is 0 Å². The lowest BCUT2D eigenvalue weighted by Gasteiger charge is -2.21. The number of nitrogens with one attached hydrogen (secondary N) is 1.